The van der Waals surface area contributed by atoms with Crippen molar-refractivity contribution >= 4 is 5.97 Å². The topological polar surface area (TPSA) is 40.5 Å². The molecule has 1 saturated heterocycles. The molecule has 3 nitrogen and oxygen atoms in total. The van der Waals surface area contributed by atoms with Crippen LogP contribution in [0.3, 0.4) is 0 Å². The van der Waals surface area contributed by atoms with Crippen molar-refractivity contribution in [3.8, 4) is 0 Å². The summed E-state index contributed by atoms with van der Waals surface area (Å²) in [5.74, 6) is 0.525. The van der Waals surface area contributed by atoms with Crippen LogP contribution in [0.1, 0.15) is 44.9 Å². The van der Waals surface area contributed by atoms with Gasteiger partial charge in [0.05, 0.1) is 0 Å². The molecular formula is C13H23NO2. The summed E-state index contributed by atoms with van der Waals surface area (Å²) in [5, 5.41) is 8.96. The Kier molecular flexibility index (Phi) is 3.85. The molecule has 2 rings (SSSR count). The molecule has 16 heavy (non-hydrogen) atoms. The van der Waals surface area contributed by atoms with Crippen molar-refractivity contribution in [2.45, 2.75) is 51.0 Å². The van der Waals surface area contributed by atoms with E-state index in [2.05, 4.69) is 11.9 Å². The molecule has 1 heterocycles. The SMILES string of the molecule is CN1CC[C@H](CC(=O)O)[C@H]1C1CCCCC1. The van der Waals surface area contributed by atoms with Crippen LogP contribution in [0.5, 0.6) is 0 Å². The van der Waals surface area contributed by atoms with Gasteiger partial charge in [-0.2, -0.15) is 0 Å². The summed E-state index contributed by atoms with van der Waals surface area (Å²) in [6, 6.07) is 0.538. The number of likely N-dealkylation sites (tertiary alicyclic amines) is 1. The highest BCUT2D eigenvalue weighted by atomic mass is 16.4. The van der Waals surface area contributed by atoms with E-state index in [-0.39, 0.29) is 0 Å². The first-order valence-electron chi connectivity index (χ1n) is 6.60. The lowest BCUT2D eigenvalue weighted by molar-refractivity contribution is -0.138. The van der Waals surface area contributed by atoms with Crippen LogP contribution in [0.15, 0.2) is 0 Å². The highest BCUT2D eigenvalue weighted by molar-refractivity contribution is 5.67. The van der Waals surface area contributed by atoms with Crippen LogP contribution in [0.25, 0.3) is 0 Å². The third kappa shape index (κ3) is 2.57. The fourth-order valence-corrected chi connectivity index (χ4v) is 3.72. The second-order valence-corrected chi connectivity index (χ2v) is 5.52. The molecule has 2 fully saturated rings. The molecule has 0 bridgehead atoms. The Morgan fingerprint density at radius 3 is 2.56 bits per heavy atom. The molecule has 0 radical (unpaired) electrons. The van der Waals surface area contributed by atoms with Crippen molar-refractivity contribution in [3.05, 3.63) is 0 Å². The average molecular weight is 225 g/mol. The number of hydrogen-bond donors (Lipinski definition) is 1. The standard InChI is InChI=1S/C13H23NO2/c1-14-8-7-11(9-12(15)16)13(14)10-5-3-2-4-6-10/h10-11,13H,2-9H2,1H3,(H,15,16)/t11-,13-/m1/s1. The van der Waals surface area contributed by atoms with Gasteiger partial charge in [-0.05, 0) is 44.7 Å². The largest absolute Gasteiger partial charge is 0.481 e. The molecule has 1 aliphatic heterocycles. The molecule has 0 aromatic rings. The number of carbonyl (C=O) groups is 1. The Bertz CT molecular complexity index is 248. The van der Waals surface area contributed by atoms with Gasteiger partial charge < -0.3 is 10.0 Å². The number of aliphatic carboxylic acids is 1. The molecule has 0 spiro atoms. The molecular weight excluding hydrogens is 202 g/mol. The van der Waals surface area contributed by atoms with Crippen molar-refractivity contribution in [1.29, 1.82) is 0 Å². The maximum Gasteiger partial charge on any atom is 0.303 e. The van der Waals surface area contributed by atoms with Gasteiger partial charge in [-0.25, -0.2) is 0 Å². The van der Waals surface area contributed by atoms with Crippen molar-refractivity contribution < 1.29 is 9.90 Å². The summed E-state index contributed by atoms with van der Waals surface area (Å²) in [6.07, 6.45) is 8.12. The number of carboxylic acids is 1. The van der Waals surface area contributed by atoms with Crippen molar-refractivity contribution in [1.82, 2.24) is 4.90 Å². The summed E-state index contributed by atoms with van der Waals surface area (Å²) < 4.78 is 0. The minimum absolute atomic E-state index is 0.367. The Hall–Kier alpha value is -0.570. The normalized spacial score (nSPS) is 33.1. The van der Waals surface area contributed by atoms with Gasteiger partial charge in [0, 0.05) is 12.5 Å². The summed E-state index contributed by atoms with van der Waals surface area (Å²) in [6.45, 7) is 1.08. The van der Waals surface area contributed by atoms with E-state index in [1.54, 1.807) is 0 Å². The summed E-state index contributed by atoms with van der Waals surface area (Å²) in [5.41, 5.74) is 0. The first-order chi connectivity index (χ1) is 7.68. The quantitative estimate of drug-likeness (QED) is 0.801. The first kappa shape index (κ1) is 11.9. The minimum atomic E-state index is -0.624. The van der Waals surface area contributed by atoms with Gasteiger partial charge >= 0.3 is 5.97 Å². The molecule has 0 unspecified atom stereocenters. The smallest absolute Gasteiger partial charge is 0.303 e. The molecule has 3 heteroatoms. The van der Waals surface area contributed by atoms with E-state index in [1.165, 1.54) is 32.1 Å². The van der Waals surface area contributed by atoms with Crippen LogP contribution < -0.4 is 0 Å². The predicted octanol–water partition coefficient (Wildman–Crippen LogP) is 2.36. The van der Waals surface area contributed by atoms with Gasteiger partial charge in [-0.3, -0.25) is 4.79 Å². The van der Waals surface area contributed by atoms with Crippen LogP contribution in [0, 0.1) is 11.8 Å². The maximum atomic E-state index is 10.9. The van der Waals surface area contributed by atoms with Crippen LogP contribution >= 0.6 is 0 Å². The maximum absolute atomic E-state index is 10.9. The van der Waals surface area contributed by atoms with Gasteiger partial charge in [0.25, 0.3) is 0 Å². The van der Waals surface area contributed by atoms with Gasteiger partial charge in [-0.15, -0.1) is 0 Å². The van der Waals surface area contributed by atoms with E-state index < -0.39 is 5.97 Å². The molecule has 2 atom stereocenters. The van der Waals surface area contributed by atoms with E-state index in [0.29, 0.717) is 18.4 Å². The zero-order valence-corrected chi connectivity index (χ0v) is 10.2. The number of hydrogen-bond acceptors (Lipinski definition) is 2. The number of rotatable bonds is 3. The van der Waals surface area contributed by atoms with Gasteiger partial charge in [-0.1, -0.05) is 19.3 Å². The van der Waals surface area contributed by atoms with Crippen LogP contribution in [0.2, 0.25) is 0 Å². The Labute approximate surface area is 97.8 Å². The Morgan fingerprint density at radius 2 is 1.94 bits per heavy atom. The average Bonchev–Trinajstić information content (AvgIpc) is 2.60. The molecule has 92 valence electrons. The highest BCUT2D eigenvalue weighted by Gasteiger charge is 2.38. The summed E-state index contributed by atoms with van der Waals surface area (Å²) >= 11 is 0. The lowest BCUT2D eigenvalue weighted by Crippen LogP contribution is -2.38. The van der Waals surface area contributed by atoms with Crippen LogP contribution in [-0.4, -0.2) is 35.6 Å². The van der Waals surface area contributed by atoms with Gasteiger partial charge in [0.2, 0.25) is 0 Å². The molecule has 1 saturated carbocycles. The zero-order valence-electron chi connectivity index (χ0n) is 10.2. The molecule has 0 amide bonds. The van der Waals surface area contributed by atoms with Crippen molar-refractivity contribution in [2.24, 2.45) is 11.8 Å². The number of nitrogens with zero attached hydrogens (tertiary/aromatic N) is 1. The molecule has 0 aromatic carbocycles. The minimum Gasteiger partial charge on any atom is -0.481 e. The second-order valence-electron chi connectivity index (χ2n) is 5.52. The predicted molar refractivity (Wildman–Crippen MR) is 63.4 cm³/mol. The van der Waals surface area contributed by atoms with Crippen molar-refractivity contribution in [2.75, 3.05) is 13.6 Å². The van der Waals surface area contributed by atoms with E-state index in [4.69, 9.17) is 5.11 Å². The molecule has 0 aromatic heterocycles. The fraction of sp³-hybridized carbons (Fsp3) is 0.923. The lowest BCUT2D eigenvalue weighted by atomic mass is 9.78. The molecule has 1 N–H and O–H groups in total. The Morgan fingerprint density at radius 1 is 1.25 bits per heavy atom. The van der Waals surface area contributed by atoms with E-state index >= 15 is 0 Å². The highest BCUT2D eigenvalue weighted by Crippen LogP contribution is 2.37. The van der Waals surface area contributed by atoms with E-state index in [9.17, 15) is 4.79 Å². The zero-order chi connectivity index (χ0) is 11.5. The third-order valence-corrected chi connectivity index (χ3v) is 4.41. The second kappa shape index (κ2) is 5.17. The van der Waals surface area contributed by atoms with Gasteiger partial charge in [0.15, 0.2) is 0 Å². The lowest BCUT2D eigenvalue weighted by Gasteiger charge is -2.35. The molecule has 1 aliphatic carbocycles. The van der Waals surface area contributed by atoms with Crippen LogP contribution in [0.4, 0.5) is 0 Å². The van der Waals surface area contributed by atoms with Gasteiger partial charge in [0.1, 0.15) is 0 Å². The van der Waals surface area contributed by atoms with Crippen LogP contribution in [-0.2, 0) is 4.79 Å². The Balaban J connectivity index is 1.99. The summed E-state index contributed by atoms with van der Waals surface area (Å²) in [7, 11) is 2.17. The number of carboxylic acid groups (broad SMARTS) is 1. The molecule has 2 aliphatic rings. The van der Waals surface area contributed by atoms with E-state index in [0.717, 1.165) is 18.9 Å². The fourth-order valence-electron chi connectivity index (χ4n) is 3.72. The first-order valence-corrected chi connectivity index (χ1v) is 6.60. The van der Waals surface area contributed by atoms with Crippen molar-refractivity contribution in [3.63, 3.8) is 0 Å². The monoisotopic (exact) mass is 225 g/mol. The third-order valence-electron chi connectivity index (χ3n) is 4.41. The van der Waals surface area contributed by atoms with E-state index in [1.807, 2.05) is 0 Å². The summed E-state index contributed by atoms with van der Waals surface area (Å²) in [4.78, 5) is 13.3.